The minimum atomic E-state index is -0.607. The lowest BCUT2D eigenvalue weighted by molar-refractivity contribution is -0.480. The van der Waals surface area contributed by atoms with Crippen LogP contribution in [0.5, 0.6) is 0 Å². The molecule has 0 aromatic heterocycles. The van der Waals surface area contributed by atoms with Crippen molar-refractivity contribution in [3.63, 3.8) is 0 Å². The summed E-state index contributed by atoms with van der Waals surface area (Å²) < 4.78 is 5.32. The van der Waals surface area contributed by atoms with E-state index < -0.39 is 6.29 Å². The largest absolute Gasteiger partial charge is 0.353 e. The third kappa shape index (κ3) is 2.61. The standard InChI is InChI=1S/C18H27NO5/c1-12-5-6-13-11-18(12,17(13,2)3)24-23-16(22-4)9-10-19-14(20)7-8-15(19)21/h7-8,12-13,16H,5-6,9-11H2,1-4H3. The van der Waals surface area contributed by atoms with Crippen LogP contribution in [-0.4, -0.2) is 42.3 Å². The Labute approximate surface area is 143 Å². The molecule has 2 amide bonds. The highest BCUT2D eigenvalue weighted by molar-refractivity contribution is 6.12. The molecule has 4 rings (SSSR count). The minimum Gasteiger partial charge on any atom is -0.353 e. The second-order valence-corrected chi connectivity index (χ2v) is 7.79. The van der Waals surface area contributed by atoms with Crippen molar-refractivity contribution < 1.29 is 24.1 Å². The molecule has 0 spiro atoms. The Kier molecular flexibility index (Phi) is 4.57. The molecule has 0 radical (unpaired) electrons. The lowest BCUT2D eigenvalue weighted by Crippen LogP contribution is -2.68. The van der Waals surface area contributed by atoms with Gasteiger partial charge in [-0.05, 0) is 31.1 Å². The number of rotatable bonds is 7. The Hall–Kier alpha value is -1.24. The summed E-state index contributed by atoms with van der Waals surface area (Å²) in [5.74, 6) is 0.529. The normalized spacial score (nSPS) is 35.2. The summed E-state index contributed by atoms with van der Waals surface area (Å²) in [7, 11) is 1.54. The molecule has 0 aromatic carbocycles. The molecular formula is C18H27NO5. The first-order chi connectivity index (χ1) is 11.3. The number of nitrogens with zero attached hydrogens (tertiary/aromatic N) is 1. The van der Waals surface area contributed by atoms with E-state index in [1.54, 1.807) is 0 Å². The Morgan fingerprint density at radius 2 is 1.92 bits per heavy atom. The average Bonchev–Trinajstić information content (AvgIpc) is 2.87. The van der Waals surface area contributed by atoms with Gasteiger partial charge in [0.15, 0.2) is 6.29 Å². The number of hydrogen-bond donors (Lipinski definition) is 0. The summed E-state index contributed by atoms with van der Waals surface area (Å²) in [6.45, 7) is 6.96. The molecule has 4 aliphatic rings. The monoisotopic (exact) mass is 337 g/mol. The van der Waals surface area contributed by atoms with Crippen molar-refractivity contribution >= 4 is 11.8 Å². The van der Waals surface area contributed by atoms with Crippen LogP contribution in [0.3, 0.4) is 0 Å². The Morgan fingerprint density at radius 3 is 2.46 bits per heavy atom. The smallest absolute Gasteiger partial charge is 0.253 e. The van der Waals surface area contributed by atoms with Crippen LogP contribution in [0, 0.1) is 17.3 Å². The van der Waals surface area contributed by atoms with Gasteiger partial charge >= 0.3 is 0 Å². The Morgan fingerprint density at radius 1 is 1.25 bits per heavy atom. The maximum atomic E-state index is 11.6. The SMILES string of the molecule is COC(CCN1C(=O)C=CC1=O)OOC12CC(CCC1C)C2(C)C. The Balaban J connectivity index is 1.54. The number of ether oxygens (including phenoxy) is 1. The van der Waals surface area contributed by atoms with E-state index in [0.717, 1.165) is 12.8 Å². The van der Waals surface area contributed by atoms with Crippen LogP contribution in [0.1, 0.15) is 46.5 Å². The third-order valence-electron chi connectivity index (χ3n) is 6.46. The molecular weight excluding hydrogens is 310 g/mol. The molecule has 4 atom stereocenters. The van der Waals surface area contributed by atoms with Crippen molar-refractivity contribution in [2.45, 2.75) is 58.3 Å². The number of hydrogen-bond acceptors (Lipinski definition) is 5. The quantitative estimate of drug-likeness (QED) is 0.309. The zero-order valence-electron chi connectivity index (χ0n) is 14.9. The lowest BCUT2D eigenvalue weighted by Gasteiger charge is -2.66. The van der Waals surface area contributed by atoms with Crippen LogP contribution < -0.4 is 0 Å². The molecule has 24 heavy (non-hydrogen) atoms. The first-order valence-corrected chi connectivity index (χ1v) is 8.72. The predicted octanol–water partition coefficient (Wildman–Crippen LogP) is 2.44. The van der Waals surface area contributed by atoms with Gasteiger partial charge in [-0.15, -0.1) is 0 Å². The zero-order valence-corrected chi connectivity index (χ0v) is 14.9. The Bertz CT molecular complexity index is 540. The number of carbonyl (C=O) groups excluding carboxylic acids is 2. The molecule has 6 heteroatoms. The summed E-state index contributed by atoms with van der Waals surface area (Å²) >= 11 is 0. The highest BCUT2D eigenvalue weighted by atomic mass is 17.2. The maximum Gasteiger partial charge on any atom is 0.253 e. The van der Waals surface area contributed by atoms with Crippen LogP contribution in [0.4, 0.5) is 0 Å². The lowest BCUT2D eigenvalue weighted by atomic mass is 9.43. The fourth-order valence-electron chi connectivity index (χ4n) is 4.54. The molecule has 3 fully saturated rings. The molecule has 134 valence electrons. The number of amides is 2. The summed E-state index contributed by atoms with van der Waals surface area (Å²) in [6.07, 6.45) is 5.75. The highest BCUT2D eigenvalue weighted by Gasteiger charge is 2.67. The van der Waals surface area contributed by atoms with E-state index in [-0.39, 0.29) is 29.4 Å². The van der Waals surface area contributed by atoms with Crippen LogP contribution in [0.15, 0.2) is 12.2 Å². The molecule has 1 heterocycles. The van der Waals surface area contributed by atoms with Crippen LogP contribution in [0.2, 0.25) is 0 Å². The maximum absolute atomic E-state index is 11.6. The van der Waals surface area contributed by atoms with Crippen LogP contribution in [-0.2, 0) is 24.1 Å². The van der Waals surface area contributed by atoms with Crippen molar-refractivity contribution in [3.8, 4) is 0 Å². The van der Waals surface area contributed by atoms with Gasteiger partial charge < -0.3 is 4.74 Å². The first kappa shape index (κ1) is 17.6. The average molecular weight is 337 g/mol. The van der Waals surface area contributed by atoms with Crippen molar-refractivity contribution in [2.24, 2.45) is 17.3 Å². The summed E-state index contributed by atoms with van der Waals surface area (Å²) in [6, 6.07) is 0. The number of imide groups is 1. The minimum absolute atomic E-state index is 0.0910. The van der Waals surface area contributed by atoms with E-state index in [0.29, 0.717) is 18.3 Å². The van der Waals surface area contributed by atoms with E-state index in [9.17, 15) is 9.59 Å². The third-order valence-corrected chi connectivity index (χ3v) is 6.46. The van der Waals surface area contributed by atoms with Gasteiger partial charge in [-0.1, -0.05) is 20.8 Å². The molecule has 6 nitrogen and oxygen atoms in total. The number of fused-ring (bicyclic) bond motifs is 2. The molecule has 1 aliphatic heterocycles. The molecule has 2 bridgehead atoms. The van der Waals surface area contributed by atoms with Gasteiger partial charge in [0.05, 0.1) is 0 Å². The molecule has 4 unspecified atom stereocenters. The van der Waals surface area contributed by atoms with Crippen LogP contribution >= 0.6 is 0 Å². The van der Waals surface area contributed by atoms with Crippen molar-refractivity contribution in [3.05, 3.63) is 12.2 Å². The van der Waals surface area contributed by atoms with E-state index >= 15 is 0 Å². The second kappa shape index (κ2) is 6.24. The van der Waals surface area contributed by atoms with Crippen molar-refractivity contribution in [1.82, 2.24) is 4.90 Å². The summed E-state index contributed by atoms with van der Waals surface area (Å²) in [5.41, 5.74) is -0.179. The highest BCUT2D eigenvalue weighted by Crippen LogP contribution is 2.65. The molecule has 3 saturated carbocycles. The topological polar surface area (TPSA) is 65.1 Å². The van der Waals surface area contributed by atoms with E-state index in [1.807, 2.05) is 0 Å². The fraction of sp³-hybridized carbons (Fsp3) is 0.778. The van der Waals surface area contributed by atoms with Gasteiger partial charge in [0, 0.05) is 37.6 Å². The molecule has 0 aromatic rings. The van der Waals surface area contributed by atoms with Gasteiger partial charge in [0.25, 0.3) is 11.8 Å². The predicted molar refractivity (Wildman–Crippen MR) is 86.5 cm³/mol. The molecule has 0 saturated heterocycles. The van der Waals surface area contributed by atoms with Gasteiger partial charge in [0.2, 0.25) is 0 Å². The summed E-state index contributed by atoms with van der Waals surface area (Å²) in [5, 5.41) is 0. The van der Waals surface area contributed by atoms with E-state index in [2.05, 4.69) is 20.8 Å². The second-order valence-electron chi connectivity index (χ2n) is 7.79. The fourth-order valence-corrected chi connectivity index (χ4v) is 4.54. The van der Waals surface area contributed by atoms with Crippen LogP contribution in [0.25, 0.3) is 0 Å². The first-order valence-electron chi connectivity index (χ1n) is 8.72. The molecule has 3 aliphatic carbocycles. The van der Waals surface area contributed by atoms with Crippen molar-refractivity contribution in [1.29, 1.82) is 0 Å². The van der Waals surface area contributed by atoms with Gasteiger partial charge in [-0.2, -0.15) is 0 Å². The van der Waals surface area contributed by atoms with Gasteiger partial charge in [-0.3, -0.25) is 14.5 Å². The summed E-state index contributed by atoms with van der Waals surface area (Å²) in [4.78, 5) is 35.9. The zero-order chi connectivity index (χ0) is 17.5. The molecule has 0 N–H and O–H groups in total. The van der Waals surface area contributed by atoms with E-state index in [4.69, 9.17) is 14.5 Å². The van der Waals surface area contributed by atoms with Gasteiger partial charge in [0.1, 0.15) is 5.60 Å². The van der Waals surface area contributed by atoms with Crippen molar-refractivity contribution in [2.75, 3.05) is 13.7 Å². The number of methoxy groups -OCH3 is 1. The van der Waals surface area contributed by atoms with Gasteiger partial charge in [-0.25, -0.2) is 9.78 Å². The van der Waals surface area contributed by atoms with E-state index in [1.165, 1.54) is 30.6 Å². The number of carbonyl (C=O) groups is 2.